The van der Waals surface area contributed by atoms with E-state index in [0.717, 1.165) is 0 Å². The fourth-order valence-corrected chi connectivity index (χ4v) is 47.6. The van der Waals surface area contributed by atoms with Crippen LogP contribution in [-0.4, -0.2) is 14.0 Å². The molecule has 0 spiro atoms. The summed E-state index contributed by atoms with van der Waals surface area (Å²) >= 11 is -4.79. The van der Waals surface area contributed by atoms with Crippen molar-refractivity contribution in [2.75, 3.05) is 0 Å². The van der Waals surface area contributed by atoms with Gasteiger partial charge in [-0.15, -0.1) is 0 Å². The fourth-order valence-electron chi connectivity index (χ4n) is 7.75. The van der Waals surface area contributed by atoms with E-state index in [1.165, 1.54) is 55.6 Å². The van der Waals surface area contributed by atoms with Gasteiger partial charge in [0, 0.05) is 0 Å². The van der Waals surface area contributed by atoms with Crippen molar-refractivity contribution >= 4 is 43.2 Å². The van der Waals surface area contributed by atoms with Gasteiger partial charge >= 0.3 is 264 Å². The number of hydrogen-bond acceptors (Lipinski definition) is 0. The van der Waals surface area contributed by atoms with Crippen LogP contribution < -0.4 is 0 Å². The van der Waals surface area contributed by atoms with Gasteiger partial charge in [0.25, 0.3) is 0 Å². The number of rotatable bonds is 6. The molecule has 6 rings (SSSR count). The maximum absolute atomic E-state index is 8.64. The fraction of sp³-hybridized carbons (Fsp3) is 0.243. The average Bonchev–Trinajstić information content (AvgIpc) is 3.54. The van der Waals surface area contributed by atoms with Crippen LogP contribution in [0.3, 0.4) is 0 Å². The minimum absolute atomic E-state index is 0.108. The first kappa shape index (κ1) is 30.3. The van der Waals surface area contributed by atoms with Crippen LogP contribution in [0.2, 0.25) is 32.7 Å². The molecule has 2 aliphatic rings. The van der Waals surface area contributed by atoms with E-state index in [-0.39, 0.29) is 7.25 Å². The normalized spacial score (nSPS) is 19.1. The van der Waals surface area contributed by atoms with Gasteiger partial charge in [-0.1, -0.05) is 0 Å². The van der Waals surface area contributed by atoms with Crippen molar-refractivity contribution in [1.29, 1.82) is 0 Å². The molecule has 0 N–H and O–H groups in total. The molecule has 2 atom stereocenters. The average molecular weight is 704 g/mol. The van der Waals surface area contributed by atoms with Crippen LogP contribution in [0.1, 0.15) is 42.0 Å². The van der Waals surface area contributed by atoms with Crippen LogP contribution >= 0.6 is 17.0 Å². The first-order valence-electron chi connectivity index (χ1n) is 15.2. The number of aryl methyl sites for hydroxylation is 1. The Hall–Kier alpha value is -1.74. The standard InChI is InChI=1S/C18H19Si.C17H15.C2H7Si.2ClH.Zr/c1-19(2,3)16-12-15-10-7-11-17(18(15)13-16)14-8-5-4-6-9-14;1-12-10-16-13(2)8-9-15(17(16)11-12)14-6-4-3-5-7-14;1-3-2;;;/h4-13H,1-3H3;3-11H,1-2H3;3H,1-2H3;2*1H;/q;;;;;+2/p-2. The molecule has 5 heteroatoms. The van der Waals surface area contributed by atoms with Gasteiger partial charge in [-0.3, -0.25) is 0 Å². The zero-order valence-electron chi connectivity index (χ0n) is 25.8. The van der Waals surface area contributed by atoms with E-state index >= 15 is 0 Å². The van der Waals surface area contributed by atoms with E-state index in [1.54, 1.807) is 5.20 Å². The van der Waals surface area contributed by atoms with Crippen molar-refractivity contribution < 1.29 is 15.6 Å². The van der Waals surface area contributed by atoms with Gasteiger partial charge in [0.15, 0.2) is 0 Å². The maximum atomic E-state index is 8.64. The number of halogens is 2. The van der Waals surface area contributed by atoms with Crippen molar-refractivity contribution in [2.24, 2.45) is 0 Å². The summed E-state index contributed by atoms with van der Waals surface area (Å²) in [6.45, 7) is 16.9. The van der Waals surface area contributed by atoms with Crippen molar-refractivity contribution in [3.8, 4) is 22.3 Å². The van der Waals surface area contributed by atoms with E-state index in [1.807, 2.05) is 0 Å². The van der Waals surface area contributed by atoms with Gasteiger partial charge in [-0.25, -0.2) is 0 Å². The molecule has 215 valence electrons. The van der Waals surface area contributed by atoms with E-state index in [2.05, 4.69) is 150 Å². The third kappa shape index (κ3) is 4.62. The van der Waals surface area contributed by atoms with Crippen LogP contribution in [0.5, 0.6) is 0 Å². The van der Waals surface area contributed by atoms with Gasteiger partial charge < -0.3 is 0 Å². The summed E-state index contributed by atoms with van der Waals surface area (Å²) in [5.41, 5.74) is 13.2. The van der Waals surface area contributed by atoms with Gasteiger partial charge in [0.1, 0.15) is 0 Å². The Kier molecular flexibility index (Phi) is 7.72. The summed E-state index contributed by atoms with van der Waals surface area (Å²) in [4.78, 5) is 0. The predicted molar refractivity (Wildman–Crippen MR) is 190 cm³/mol. The molecule has 2 unspecified atom stereocenters. The second-order valence-corrected chi connectivity index (χ2v) is 61.4. The zero-order valence-corrected chi connectivity index (χ0v) is 31.9. The molecular formula is C37H41Cl2Si2Zr. The Labute approximate surface area is 262 Å². The van der Waals surface area contributed by atoms with Crippen LogP contribution in [0.4, 0.5) is 0 Å². The first-order chi connectivity index (χ1) is 19.8. The van der Waals surface area contributed by atoms with Crippen LogP contribution in [0, 0.1) is 6.92 Å². The zero-order chi connectivity index (χ0) is 30.1. The summed E-state index contributed by atoms with van der Waals surface area (Å²) < 4.78 is 0.238. The second kappa shape index (κ2) is 10.7. The molecule has 0 nitrogen and oxygen atoms in total. The third-order valence-electron chi connectivity index (χ3n) is 9.92. The molecule has 0 fully saturated rings. The van der Waals surface area contributed by atoms with Gasteiger partial charge in [-0.05, 0) is 0 Å². The van der Waals surface area contributed by atoms with E-state index < -0.39 is 29.6 Å². The van der Waals surface area contributed by atoms with Gasteiger partial charge in [0.05, 0.1) is 0 Å². The summed E-state index contributed by atoms with van der Waals surface area (Å²) in [7, 11) is 15.5. The molecule has 42 heavy (non-hydrogen) atoms. The molecule has 0 saturated carbocycles. The van der Waals surface area contributed by atoms with Crippen LogP contribution in [-0.2, 0) is 15.6 Å². The number of hydrogen-bond donors (Lipinski definition) is 0. The SMILES string of the molecule is CC1=Cc2c(-c3ccccc3)ccc(C)c2[CH]1[Zr]([Cl])([Cl])([CH]1C([Si](C)(C)C)=Cc2c(-c3ccccc3)cccc21)[SiH](C)C. The second-order valence-electron chi connectivity index (χ2n) is 13.8. The monoisotopic (exact) mass is 701 g/mol. The molecule has 0 aliphatic heterocycles. The van der Waals surface area contributed by atoms with Gasteiger partial charge in [0.2, 0.25) is 0 Å². The topological polar surface area (TPSA) is 0 Å². The van der Waals surface area contributed by atoms with E-state index in [9.17, 15) is 0 Å². The van der Waals surface area contributed by atoms with E-state index in [0.29, 0.717) is 0 Å². The third-order valence-corrected chi connectivity index (χ3v) is 64.7. The predicted octanol–water partition coefficient (Wildman–Crippen LogP) is 11.8. The Morgan fingerprint density at radius 3 is 1.76 bits per heavy atom. The minimum atomic E-state index is -4.79. The Balaban J connectivity index is 1.64. The van der Waals surface area contributed by atoms with Crippen molar-refractivity contribution in [2.45, 2.75) is 53.8 Å². The quantitative estimate of drug-likeness (QED) is 0.175. The summed E-state index contributed by atoms with van der Waals surface area (Å²) in [6.07, 6.45) is 4.96. The Morgan fingerprint density at radius 2 is 1.21 bits per heavy atom. The number of allylic oxidation sites excluding steroid dienone is 2. The van der Waals surface area contributed by atoms with Crippen LogP contribution in [0.25, 0.3) is 34.4 Å². The number of benzene rings is 4. The van der Waals surface area contributed by atoms with E-state index in [4.69, 9.17) is 17.0 Å². The summed E-state index contributed by atoms with van der Waals surface area (Å²) in [6, 6.07) is 33.1. The molecule has 4 aromatic rings. The Bertz CT molecular complexity index is 1750. The molecule has 0 saturated heterocycles. The first-order valence-corrected chi connectivity index (χ1v) is 35.0. The Morgan fingerprint density at radius 1 is 0.643 bits per heavy atom. The van der Waals surface area contributed by atoms with Crippen molar-refractivity contribution in [3.05, 3.63) is 130 Å². The van der Waals surface area contributed by atoms with Crippen molar-refractivity contribution in [3.63, 3.8) is 0 Å². The molecule has 4 aromatic carbocycles. The van der Waals surface area contributed by atoms with Crippen LogP contribution in [0.15, 0.2) is 102 Å². The molecule has 0 aromatic heterocycles. The molecule has 0 amide bonds. The van der Waals surface area contributed by atoms with Gasteiger partial charge in [-0.2, -0.15) is 0 Å². The molecular weight excluding hydrogens is 663 g/mol. The summed E-state index contributed by atoms with van der Waals surface area (Å²) in [5.74, 6) is -1.61. The molecule has 0 heterocycles. The van der Waals surface area contributed by atoms with Crippen molar-refractivity contribution in [1.82, 2.24) is 0 Å². The molecule has 0 radical (unpaired) electrons. The summed E-state index contributed by atoms with van der Waals surface area (Å²) in [5, 5.41) is 1.55. The number of fused-ring (bicyclic) bond motifs is 2. The molecule has 2 aliphatic carbocycles. The molecule has 0 bridgehead atoms.